The monoisotopic (exact) mass is 228 g/mol. The van der Waals surface area contributed by atoms with E-state index >= 15 is 0 Å². The molecule has 0 saturated heterocycles. The second kappa shape index (κ2) is 4.63. The summed E-state index contributed by atoms with van der Waals surface area (Å²) in [6, 6.07) is 1.54. The molecule has 1 rings (SSSR count). The van der Waals surface area contributed by atoms with Gasteiger partial charge in [0.1, 0.15) is 12.3 Å². The number of nitro groups is 1. The predicted molar refractivity (Wildman–Crippen MR) is 57.9 cm³/mol. The number of aromatic amines is 1. The maximum absolute atomic E-state index is 10.8. The van der Waals surface area contributed by atoms with Gasteiger partial charge in [-0.15, -0.1) is 0 Å². The second-order valence-electron chi connectivity index (χ2n) is 4.48. The van der Waals surface area contributed by atoms with Gasteiger partial charge in [0.05, 0.1) is 12.0 Å². The average Bonchev–Trinajstić information content (AvgIpc) is 2.57. The van der Waals surface area contributed by atoms with Crippen LogP contribution in [-0.2, 0) is 21.8 Å². The lowest BCUT2D eigenvalue weighted by atomic mass is 9.92. The molecule has 1 N–H and O–H groups in total. The van der Waals surface area contributed by atoms with Crippen LogP contribution in [0.2, 0.25) is 0 Å². The molecule has 0 aliphatic rings. The number of nitrogens with zero attached hydrogens (tertiary/aromatic N) is 1. The van der Waals surface area contributed by atoms with Crippen molar-refractivity contribution in [1.29, 1.82) is 0 Å². The Bertz CT molecular complexity index is 379. The number of hydrogen-bond donors (Lipinski definition) is 1. The van der Waals surface area contributed by atoms with E-state index in [2.05, 4.69) is 9.87 Å². The molecule has 0 bridgehead atoms. The highest BCUT2D eigenvalue weighted by Crippen LogP contribution is 2.28. The molecule has 1 aromatic heterocycles. The largest absolute Gasteiger partial charge is 0.354 e. The zero-order valence-corrected chi connectivity index (χ0v) is 9.86. The van der Waals surface area contributed by atoms with Gasteiger partial charge in [0.2, 0.25) is 0 Å². The van der Waals surface area contributed by atoms with Crippen LogP contribution in [0.15, 0.2) is 6.07 Å². The summed E-state index contributed by atoms with van der Waals surface area (Å²) in [5.74, 6) is 0. The number of H-pyrrole nitrogens is 1. The van der Waals surface area contributed by atoms with Crippen LogP contribution < -0.4 is 0 Å². The zero-order chi connectivity index (χ0) is 12.3. The first-order valence-corrected chi connectivity index (χ1v) is 4.88. The molecule has 0 aliphatic carbocycles. The van der Waals surface area contributed by atoms with E-state index in [4.69, 9.17) is 4.89 Å². The minimum atomic E-state index is -0.430. The molecule has 6 heteroatoms. The molecular formula is C10H16N2O4. The van der Waals surface area contributed by atoms with Gasteiger partial charge in [0.15, 0.2) is 0 Å². The Balaban J connectivity index is 3.05. The summed E-state index contributed by atoms with van der Waals surface area (Å²) in [6.07, 6.45) is 0. The number of aromatic nitrogens is 1. The molecule has 0 spiro atoms. The molecule has 0 amide bonds. The topological polar surface area (TPSA) is 77.4 Å². The third kappa shape index (κ3) is 2.80. The Hall–Kier alpha value is -1.40. The van der Waals surface area contributed by atoms with Crippen LogP contribution >= 0.6 is 0 Å². The SMILES string of the molecule is COOCc1[nH]c(C(C)(C)C)cc1[N+](=O)[O-]. The van der Waals surface area contributed by atoms with Gasteiger partial charge in [-0.1, -0.05) is 20.8 Å². The minimum Gasteiger partial charge on any atom is -0.354 e. The third-order valence-electron chi connectivity index (χ3n) is 2.20. The zero-order valence-electron chi connectivity index (χ0n) is 9.86. The summed E-state index contributed by atoms with van der Waals surface area (Å²) in [6.45, 7) is 5.96. The van der Waals surface area contributed by atoms with Crippen LogP contribution in [0.1, 0.15) is 32.2 Å². The molecule has 1 aromatic rings. The van der Waals surface area contributed by atoms with E-state index in [1.165, 1.54) is 13.2 Å². The highest BCUT2D eigenvalue weighted by Gasteiger charge is 2.24. The van der Waals surface area contributed by atoms with Crippen LogP contribution in [0, 0.1) is 10.1 Å². The molecule has 0 fully saturated rings. The summed E-state index contributed by atoms with van der Waals surface area (Å²) in [7, 11) is 1.36. The molecule has 0 saturated carbocycles. The molecular weight excluding hydrogens is 212 g/mol. The second-order valence-corrected chi connectivity index (χ2v) is 4.48. The molecule has 0 aliphatic heterocycles. The molecule has 0 unspecified atom stereocenters. The van der Waals surface area contributed by atoms with Gasteiger partial charge >= 0.3 is 0 Å². The fraction of sp³-hybridized carbons (Fsp3) is 0.600. The number of rotatable bonds is 4. The molecule has 90 valence electrons. The number of nitrogens with one attached hydrogen (secondary N) is 1. The van der Waals surface area contributed by atoms with E-state index in [0.717, 1.165) is 5.69 Å². The minimum absolute atomic E-state index is 0.0296. The van der Waals surface area contributed by atoms with Crippen LogP contribution in [0.3, 0.4) is 0 Å². The van der Waals surface area contributed by atoms with Gasteiger partial charge in [0.25, 0.3) is 5.69 Å². The van der Waals surface area contributed by atoms with Crippen molar-refractivity contribution in [3.63, 3.8) is 0 Å². The smallest absolute Gasteiger partial charge is 0.292 e. The molecule has 0 atom stereocenters. The van der Waals surface area contributed by atoms with Crippen LogP contribution in [0.25, 0.3) is 0 Å². The summed E-state index contributed by atoms with van der Waals surface area (Å²) >= 11 is 0. The van der Waals surface area contributed by atoms with Gasteiger partial charge < -0.3 is 4.98 Å². The van der Waals surface area contributed by atoms with Gasteiger partial charge in [-0.05, 0) is 0 Å². The standard InChI is InChI=1S/C10H16N2O4/c1-10(2,3)9-5-8(12(13)14)7(11-9)6-16-15-4/h5,11H,6H2,1-4H3. The first-order valence-electron chi connectivity index (χ1n) is 4.88. The van der Waals surface area contributed by atoms with E-state index in [-0.39, 0.29) is 17.7 Å². The van der Waals surface area contributed by atoms with Crippen molar-refractivity contribution in [2.24, 2.45) is 0 Å². The molecule has 0 aromatic carbocycles. The Morgan fingerprint density at radius 3 is 2.56 bits per heavy atom. The molecule has 1 heterocycles. The maximum Gasteiger partial charge on any atom is 0.292 e. The summed E-state index contributed by atoms with van der Waals surface area (Å²) in [4.78, 5) is 22.5. The van der Waals surface area contributed by atoms with Gasteiger partial charge in [-0.2, -0.15) is 0 Å². The Morgan fingerprint density at radius 1 is 1.50 bits per heavy atom. The van der Waals surface area contributed by atoms with E-state index in [9.17, 15) is 10.1 Å². The van der Waals surface area contributed by atoms with Crippen LogP contribution in [0.4, 0.5) is 5.69 Å². The first kappa shape index (κ1) is 12.7. The number of hydrogen-bond acceptors (Lipinski definition) is 4. The Kier molecular flexibility index (Phi) is 3.66. The Labute approximate surface area is 93.6 Å². The average molecular weight is 228 g/mol. The summed E-state index contributed by atoms with van der Waals surface area (Å²) < 4.78 is 0. The Morgan fingerprint density at radius 2 is 2.12 bits per heavy atom. The normalized spacial score (nSPS) is 11.8. The maximum atomic E-state index is 10.8. The fourth-order valence-electron chi connectivity index (χ4n) is 1.28. The molecule has 16 heavy (non-hydrogen) atoms. The van der Waals surface area contributed by atoms with E-state index in [0.29, 0.717) is 5.69 Å². The first-order chi connectivity index (χ1) is 7.36. The van der Waals surface area contributed by atoms with Crippen molar-refractivity contribution in [2.75, 3.05) is 7.11 Å². The highest BCUT2D eigenvalue weighted by atomic mass is 17.2. The predicted octanol–water partition coefficient (Wildman–Crippen LogP) is 2.30. The van der Waals surface area contributed by atoms with Gasteiger partial charge in [-0.25, -0.2) is 9.78 Å². The fourth-order valence-corrected chi connectivity index (χ4v) is 1.28. The summed E-state index contributed by atoms with van der Waals surface area (Å²) in [5, 5.41) is 10.8. The lowest BCUT2D eigenvalue weighted by molar-refractivity contribution is -0.387. The van der Waals surface area contributed by atoms with E-state index < -0.39 is 4.92 Å². The lowest BCUT2D eigenvalue weighted by Gasteiger charge is -2.15. The van der Waals surface area contributed by atoms with Gasteiger partial charge in [0, 0.05) is 17.2 Å². The van der Waals surface area contributed by atoms with Gasteiger partial charge in [-0.3, -0.25) is 10.1 Å². The van der Waals surface area contributed by atoms with Crippen molar-refractivity contribution in [3.05, 3.63) is 27.6 Å². The van der Waals surface area contributed by atoms with Crippen LogP contribution in [0.5, 0.6) is 0 Å². The molecule has 6 nitrogen and oxygen atoms in total. The highest BCUT2D eigenvalue weighted by molar-refractivity contribution is 5.41. The third-order valence-corrected chi connectivity index (χ3v) is 2.20. The molecule has 0 radical (unpaired) electrons. The quantitative estimate of drug-likeness (QED) is 0.487. The van der Waals surface area contributed by atoms with Crippen molar-refractivity contribution >= 4 is 5.69 Å². The van der Waals surface area contributed by atoms with Crippen molar-refractivity contribution in [2.45, 2.75) is 32.8 Å². The van der Waals surface area contributed by atoms with Crippen molar-refractivity contribution in [1.82, 2.24) is 4.98 Å². The van der Waals surface area contributed by atoms with E-state index in [1.54, 1.807) is 0 Å². The summed E-state index contributed by atoms with van der Waals surface area (Å²) in [5.41, 5.74) is 1.07. The van der Waals surface area contributed by atoms with E-state index in [1.807, 2.05) is 20.8 Å². The van der Waals surface area contributed by atoms with Crippen LogP contribution in [-0.4, -0.2) is 17.0 Å². The van der Waals surface area contributed by atoms with Crippen molar-refractivity contribution in [3.8, 4) is 0 Å². The lowest BCUT2D eigenvalue weighted by Crippen LogP contribution is -2.11. The van der Waals surface area contributed by atoms with Crippen molar-refractivity contribution < 1.29 is 14.7 Å².